The van der Waals surface area contributed by atoms with E-state index in [1.54, 1.807) is 20.3 Å². The second kappa shape index (κ2) is 10.1. The number of anilines is 1. The molecule has 1 saturated heterocycles. The van der Waals surface area contributed by atoms with Gasteiger partial charge in [-0.2, -0.15) is 0 Å². The maximum absolute atomic E-state index is 10.6. The maximum atomic E-state index is 10.6. The van der Waals surface area contributed by atoms with Gasteiger partial charge in [0, 0.05) is 66.7 Å². The molecular formula is C22H26ClN4O4S-. The molecule has 0 spiro atoms. The summed E-state index contributed by atoms with van der Waals surface area (Å²) in [5.74, 6) is 1.74. The molecule has 1 atom stereocenters. The first-order chi connectivity index (χ1) is 15.5. The number of ether oxygens (including phenoxy) is 2. The second-order valence-electron chi connectivity index (χ2n) is 7.81. The molecule has 3 heterocycles. The third-order valence-electron chi connectivity index (χ3n) is 5.95. The molecule has 10 heteroatoms. The smallest absolute Gasteiger partial charge is 0.141 e. The highest BCUT2D eigenvalue weighted by atomic mass is 35.5. The summed E-state index contributed by atoms with van der Waals surface area (Å²) in [7, 11) is 3.18. The predicted molar refractivity (Wildman–Crippen MR) is 125 cm³/mol. The number of piperidine rings is 1. The number of nitrogens with one attached hydrogen (secondary N) is 1. The number of rotatable bonds is 8. The number of hydrogen-bond donors (Lipinski definition) is 1. The van der Waals surface area contributed by atoms with Crippen LogP contribution in [0, 0.1) is 5.92 Å². The number of imidazole rings is 1. The Balaban J connectivity index is 1.50. The Morgan fingerprint density at radius 2 is 1.97 bits per heavy atom. The molecule has 3 aromatic rings. The molecule has 1 N–H and O–H groups in total. The van der Waals surface area contributed by atoms with Crippen molar-refractivity contribution >= 4 is 34.2 Å². The molecule has 0 bridgehead atoms. The zero-order valence-electron chi connectivity index (χ0n) is 18.0. The molecule has 1 unspecified atom stereocenters. The highest BCUT2D eigenvalue weighted by Gasteiger charge is 2.20. The van der Waals surface area contributed by atoms with Crippen LogP contribution in [0.1, 0.15) is 19.3 Å². The van der Waals surface area contributed by atoms with Crippen LogP contribution < -0.4 is 19.1 Å². The quantitative estimate of drug-likeness (QED) is 0.498. The van der Waals surface area contributed by atoms with Crippen molar-refractivity contribution in [3.8, 4) is 22.8 Å². The second-order valence-corrected chi connectivity index (χ2v) is 8.98. The van der Waals surface area contributed by atoms with Crippen LogP contribution >= 0.6 is 11.6 Å². The summed E-state index contributed by atoms with van der Waals surface area (Å²) in [6.07, 6.45) is 6.92. The number of hydrogen-bond acceptors (Lipinski definition) is 6. The summed E-state index contributed by atoms with van der Waals surface area (Å²) in [5.41, 5.74) is 3.55. The molecule has 0 saturated carbocycles. The van der Waals surface area contributed by atoms with E-state index in [4.69, 9.17) is 26.1 Å². The van der Waals surface area contributed by atoms with Gasteiger partial charge in [-0.15, -0.1) is 0 Å². The average molecular weight is 478 g/mol. The van der Waals surface area contributed by atoms with E-state index < -0.39 is 11.3 Å². The number of benzene rings is 1. The van der Waals surface area contributed by atoms with Crippen molar-refractivity contribution in [1.82, 2.24) is 14.1 Å². The fraction of sp³-hybridized carbons (Fsp3) is 0.409. The summed E-state index contributed by atoms with van der Waals surface area (Å²) < 4.78 is 36.5. The van der Waals surface area contributed by atoms with Gasteiger partial charge in [0.05, 0.1) is 24.9 Å². The molecule has 1 aromatic carbocycles. The van der Waals surface area contributed by atoms with Crippen LogP contribution in [-0.2, 0) is 11.3 Å². The molecule has 8 nitrogen and oxygen atoms in total. The number of nitrogens with zero attached hydrogens (tertiary/aromatic N) is 3. The Morgan fingerprint density at radius 3 is 2.66 bits per heavy atom. The van der Waals surface area contributed by atoms with E-state index in [2.05, 4.69) is 21.8 Å². The standard InChI is InChI=1S/C22H27ClN4O4S/c1-30-20-13-21(31-2)18(23)12-17(20)19-14-27-10-6-16(11-22(27)25-19)26-8-4-15(5-9-26)3-7-24-32(28)29/h6,10-15,24H,3-5,7-9H2,1-2H3,(H,28,29)/p-1. The summed E-state index contributed by atoms with van der Waals surface area (Å²) in [6, 6.07) is 7.76. The first kappa shape index (κ1) is 22.8. The third-order valence-corrected chi connectivity index (χ3v) is 6.68. The van der Waals surface area contributed by atoms with Gasteiger partial charge < -0.3 is 23.3 Å². The van der Waals surface area contributed by atoms with E-state index in [1.165, 1.54) is 0 Å². The van der Waals surface area contributed by atoms with Gasteiger partial charge in [0.2, 0.25) is 0 Å². The lowest BCUT2D eigenvalue weighted by atomic mass is 9.93. The van der Waals surface area contributed by atoms with Gasteiger partial charge in [0.15, 0.2) is 0 Å². The molecule has 4 rings (SSSR count). The summed E-state index contributed by atoms with van der Waals surface area (Å²) >= 11 is 4.16. The van der Waals surface area contributed by atoms with Gasteiger partial charge in [-0.25, -0.2) is 9.71 Å². The van der Waals surface area contributed by atoms with Gasteiger partial charge in [0.25, 0.3) is 0 Å². The molecule has 0 radical (unpaired) electrons. The fourth-order valence-corrected chi connectivity index (χ4v) is 4.71. The average Bonchev–Trinajstić information content (AvgIpc) is 3.22. The number of aromatic nitrogens is 2. The van der Waals surface area contributed by atoms with Gasteiger partial charge in [-0.3, -0.25) is 4.21 Å². The van der Waals surface area contributed by atoms with E-state index in [1.807, 2.05) is 22.9 Å². The zero-order chi connectivity index (χ0) is 22.7. The first-order valence-corrected chi connectivity index (χ1v) is 11.9. The van der Waals surface area contributed by atoms with Gasteiger partial charge in [-0.1, -0.05) is 11.6 Å². The largest absolute Gasteiger partial charge is 0.760 e. The van der Waals surface area contributed by atoms with Gasteiger partial charge in [0.1, 0.15) is 17.1 Å². The molecule has 1 aliphatic heterocycles. The normalized spacial score (nSPS) is 15.8. The SMILES string of the molecule is COc1cc(OC)c(-c2cn3ccc(N4CCC(CCNS(=O)[O-])CC4)cc3n2)cc1Cl. The van der Waals surface area contributed by atoms with Gasteiger partial charge in [-0.05, 0) is 37.3 Å². The van der Waals surface area contributed by atoms with E-state index in [0.717, 1.165) is 54.9 Å². The lowest BCUT2D eigenvalue weighted by molar-refractivity contribution is 0.380. The maximum Gasteiger partial charge on any atom is 0.141 e. The molecule has 32 heavy (non-hydrogen) atoms. The van der Waals surface area contributed by atoms with Crippen LogP contribution in [0.2, 0.25) is 5.02 Å². The van der Waals surface area contributed by atoms with Crippen molar-refractivity contribution in [3.05, 3.63) is 41.7 Å². The lowest BCUT2D eigenvalue weighted by Gasteiger charge is -2.33. The van der Waals surface area contributed by atoms with Crippen LogP contribution in [0.4, 0.5) is 5.69 Å². The fourth-order valence-electron chi connectivity index (χ4n) is 4.18. The van der Waals surface area contributed by atoms with Crippen molar-refractivity contribution in [2.45, 2.75) is 19.3 Å². The Morgan fingerprint density at radius 1 is 1.22 bits per heavy atom. The van der Waals surface area contributed by atoms with Gasteiger partial charge >= 0.3 is 0 Å². The van der Waals surface area contributed by atoms with Crippen molar-refractivity contribution < 1.29 is 18.2 Å². The Kier molecular flexibility index (Phi) is 7.20. The van der Waals surface area contributed by atoms with Crippen molar-refractivity contribution in [2.24, 2.45) is 5.92 Å². The minimum absolute atomic E-state index is 0.501. The molecule has 172 valence electrons. The topological polar surface area (TPSA) is 91.2 Å². The van der Waals surface area contributed by atoms with Crippen molar-refractivity contribution in [1.29, 1.82) is 0 Å². The van der Waals surface area contributed by atoms with Crippen molar-refractivity contribution in [3.63, 3.8) is 0 Å². The predicted octanol–water partition coefficient (Wildman–Crippen LogP) is 3.66. The highest BCUT2D eigenvalue weighted by molar-refractivity contribution is 7.77. The summed E-state index contributed by atoms with van der Waals surface area (Å²) in [4.78, 5) is 7.16. The third kappa shape index (κ3) is 5.01. The first-order valence-electron chi connectivity index (χ1n) is 10.5. The lowest BCUT2D eigenvalue weighted by Crippen LogP contribution is -2.34. The van der Waals surface area contributed by atoms with Crippen LogP contribution in [-0.4, -0.2) is 52.0 Å². The monoisotopic (exact) mass is 477 g/mol. The molecule has 1 fully saturated rings. The number of methoxy groups -OCH3 is 2. The van der Waals surface area contributed by atoms with E-state index >= 15 is 0 Å². The number of fused-ring (bicyclic) bond motifs is 1. The Hall–Kier alpha value is -2.33. The van der Waals surface area contributed by atoms with Crippen molar-refractivity contribution in [2.75, 3.05) is 38.8 Å². The summed E-state index contributed by atoms with van der Waals surface area (Å²) in [5, 5.41) is 0.501. The molecule has 1 aliphatic rings. The van der Waals surface area contributed by atoms with Crippen LogP contribution in [0.5, 0.6) is 11.5 Å². The number of pyridine rings is 1. The number of halogens is 1. The van der Waals surface area contributed by atoms with Crippen LogP contribution in [0.25, 0.3) is 16.9 Å². The van der Waals surface area contributed by atoms with Crippen LogP contribution in [0.15, 0.2) is 36.7 Å². The van der Waals surface area contributed by atoms with E-state index in [9.17, 15) is 8.76 Å². The molecule has 2 aromatic heterocycles. The zero-order valence-corrected chi connectivity index (χ0v) is 19.6. The minimum Gasteiger partial charge on any atom is -0.760 e. The Bertz CT molecular complexity index is 1110. The van der Waals surface area contributed by atoms with Crippen LogP contribution in [0.3, 0.4) is 0 Å². The molecular weight excluding hydrogens is 452 g/mol. The van der Waals surface area contributed by atoms with E-state index in [0.29, 0.717) is 29.0 Å². The Labute approximate surface area is 194 Å². The highest BCUT2D eigenvalue weighted by Crippen LogP contribution is 2.38. The molecule has 0 aliphatic carbocycles. The molecule has 0 amide bonds. The summed E-state index contributed by atoms with van der Waals surface area (Å²) in [6.45, 7) is 2.38. The minimum atomic E-state index is -2.18. The van der Waals surface area contributed by atoms with E-state index in [-0.39, 0.29) is 0 Å².